The summed E-state index contributed by atoms with van der Waals surface area (Å²) in [6, 6.07) is 17.3. The van der Waals surface area contributed by atoms with E-state index < -0.39 is 0 Å². The van der Waals surface area contributed by atoms with Gasteiger partial charge in [-0.05, 0) is 31.2 Å². The van der Waals surface area contributed by atoms with Crippen molar-refractivity contribution in [1.29, 1.82) is 0 Å². The van der Waals surface area contributed by atoms with Crippen LogP contribution in [0.4, 0.5) is 0 Å². The Morgan fingerprint density at radius 3 is 2.29 bits per heavy atom. The topological polar surface area (TPSA) is 47.3 Å². The van der Waals surface area contributed by atoms with E-state index in [1.165, 1.54) is 0 Å². The Bertz CT molecular complexity index is 746. The smallest absolute Gasteiger partial charge is 0.165 e. The van der Waals surface area contributed by atoms with Crippen LogP contribution in [0.5, 0.6) is 11.5 Å². The molecule has 0 amide bonds. The summed E-state index contributed by atoms with van der Waals surface area (Å²) in [4.78, 5) is 0. The van der Waals surface area contributed by atoms with Crippen molar-refractivity contribution in [2.45, 2.75) is 6.92 Å². The Kier molecular flexibility index (Phi) is 3.36. The number of nitrogens with zero attached hydrogens (tertiary/aromatic N) is 2. The van der Waals surface area contributed by atoms with Crippen molar-refractivity contribution < 1.29 is 9.84 Å². The van der Waals surface area contributed by atoms with E-state index >= 15 is 0 Å². The van der Waals surface area contributed by atoms with E-state index in [9.17, 15) is 5.11 Å². The van der Waals surface area contributed by atoms with E-state index in [1.54, 1.807) is 18.7 Å². The minimum absolute atomic E-state index is 0.206. The number of aromatic nitrogens is 2. The molecule has 0 aliphatic heterocycles. The molecule has 0 saturated carbocycles. The number of benzene rings is 2. The molecule has 0 atom stereocenters. The highest BCUT2D eigenvalue weighted by atomic mass is 16.5. The lowest BCUT2D eigenvalue weighted by Gasteiger charge is -2.08. The van der Waals surface area contributed by atoms with E-state index in [-0.39, 0.29) is 5.75 Å². The molecule has 1 heterocycles. The monoisotopic (exact) mass is 280 g/mol. The molecule has 4 heteroatoms. The van der Waals surface area contributed by atoms with Crippen LogP contribution in [0.1, 0.15) is 5.69 Å². The van der Waals surface area contributed by atoms with Gasteiger partial charge in [-0.3, -0.25) is 0 Å². The van der Waals surface area contributed by atoms with Gasteiger partial charge in [0, 0.05) is 5.56 Å². The molecule has 0 unspecified atom stereocenters. The standard InChI is InChI=1S/C17H16N2O2/c1-12-17(20)16(13-6-4-3-5-7-13)19(18-12)14-8-10-15(21-2)11-9-14/h3-11,20H,1-2H3. The van der Waals surface area contributed by atoms with Crippen LogP contribution in [0.2, 0.25) is 0 Å². The average Bonchev–Trinajstić information content (AvgIpc) is 2.84. The van der Waals surface area contributed by atoms with Crippen molar-refractivity contribution in [3.05, 3.63) is 60.3 Å². The first-order valence-corrected chi connectivity index (χ1v) is 6.69. The fourth-order valence-electron chi connectivity index (χ4n) is 2.28. The fraction of sp³-hybridized carbons (Fsp3) is 0.118. The number of ether oxygens (including phenoxy) is 1. The number of aryl methyl sites for hydroxylation is 1. The van der Waals surface area contributed by atoms with Crippen LogP contribution >= 0.6 is 0 Å². The molecule has 3 rings (SSSR count). The number of methoxy groups -OCH3 is 1. The minimum Gasteiger partial charge on any atom is -0.504 e. The highest BCUT2D eigenvalue weighted by Gasteiger charge is 2.17. The van der Waals surface area contributed by atoms with E-state index in [1.807, 2.05) is 54.6 Å². The maximum atomic E-state index is 10.3. The van der Waals surface area contributed by atoms with Gasteiger partial charge in [0.25, 0.3) is 0 Å². The zero-order chi connectivity index (χ0) is 14.8. The normalized spacial score (nSPS) is 10.6. The highest BCUT2D eigenvalue weighted by Crippen LogP contribution is 2.34. The largest absolute Gasteiger partial charge is 0.504 e. The Balaban J connectivity index is 2.16. The van der Waals surface area contributed by atoms with Gasteiger partial charge in [0.05, 0.1) is 12.8 Å². The van der Waals surface area contributed by atoms with Crippen molar-refractivity contribution in [2.24, 2.45) is 0 Å². The zero-order valence-corrected chi connectivity index (χ0v) is 11.9. The average molecular weight is 280 g/mol. The van der Waals surface area contributed by atoms with E-state index in [0.29, 0.717) is 11.4 Å². The molecular weight excluding hydrogens is 264 g/mol. The molecule has 106 valence electrons. The van der Waals surface area contributed by atoms with Crippen molar-refractivity contribution >= 4 is 0 Å². The van der Waals surface area contributed by atoms with Gasteiger partial charge in [0.15, 0.2) is 5.75 Å². The summed E-state index contributed by atoms with van der Waals surface area (Å²) in [5.41, 5.74) is 3.09. The Hall–Kier alpha value is -2.75. The van der Waals surface area contributed by atoms with Crippen molar-refractivity contribution in [1.82, 2.24) is 9.78 Å². The molecule has 1 aromatic heterocycles. The van der Waals surface area contributed by atoms with Gasteiger partial charge < -0.3 is 9.84 Å². The molecule has 21 heavy (non-hydrogen) atoms. The second kappa shape index (κ2) is 5.32. The summed E-state index contributed by atoms with van der Waals surface area (Å²) >= 11 is 0. The van der Waals surface area contributed by atoms with Gasteiger partial charge in [-0.2, -0.15) is 5.10 Å². The molecule has 0 saturated heterocycles. The Labute approximate surface area is 123 Å². The first-order valence-electron chi connectivity index (χ1n) is 6.69. The van der Waals surface area contributed by atoms with Crippen LogP contribution in [0, 0.1) is 6.92 Å². The van der Waals surface area contributed by atoms with Crippen LogP contribution < -0.4 is 4.74 Å². The SMILES string of the molecule is COc1ccc(-n2nc(C)c(O)c2-c2ccccc2)cc1. The second-order valence-corrected chi connectivity index (χ2v) is 4.76. The third-order valence-electron chi connectivity index (χ3n) is 3.39. The Morgan fingerprint density at radius 2 is 1.67 bits per heavy atom. The predicted octanol–water partition coefficient (Wildman–Crippen LogP) is 3.56. The second-order valence-electron chi connectivity index (χ2n) is 4.76. The van der Waals surface area contributed by atoms with Gasteiger partial charge in [-0.15, -0.1) is 0 Å². The molecular formula is C17H16N2O2. The molecule has 1 N–H and O–H groups in total. The van der Waals surface area contributed by atoms with E-state index in [0.717, 1.165) is 17.0 Å². The molecule has 0 spiro atoms. The maximum absolute atomic E-state index is 10.3. The van der Waals surface area contributed by atoms with Crippen LogP contribution in [0.15, 0.2) is 54.6 Å². The Morgan fingerprint density at radius 1 is 1.00 bits per heavy atom. The van der Waals surface area contributed by atoms with Crippen LogP contribution in [-0.2, 0) is 0 Å². The summed E-state index contributed by atoms with van der Waals surface area (Å²) in [7, 11) is 1.63. The zero-order valence-electron chi connectivity index (χ0n) is 11.9. The summed E-state index contributed by atoms with van der Waals surface area (Å²) in [6.45, 7) is 1.79. The van der Waals surface area contributed by atoms with E-state index in [4.69, 9.17) is 4.74 Å². The lowest BCUT2D eigenvalue weighted by Crippen LogP contribution is -1.99. The van der Waals surface area contributed by atoms with E-state index in [2.05, 4.69) is 5.10 Å². The van der Waals surface area contributed by atoms with Gasteiger partial charge in [0.1, 0.15) is 17.1 Å². The van der Waals surface area contributed by atoms with Gasteiger partial charge in [-0.25, -0.2) is 4.68 Å². The maximum Gasteiger partial charge on any atom is 0.165 e. The third-order valence-corrected chi connectivity index (χ3v) is 3.39. The van der Waals surface area contributed by atoms with Crippen LogP contribution in [-0.4, -0.2) is 22.0 Å². The summed E-state index contributed by atoms with van der Waals surface area (Å²) < 4.78 is 6.92. The highest BCUT2D eigenvalue weighted by molar-refractivity contribution is 5.69. The molecule has 3 aromatic rings. The van der Waals surface area contributed by atoms with Gasteiger partial charge in [0.2, 0.25) is 0 Å². The molecule has 0 radical (unpaired) electrons. The first kappa shape index (κ1) is 13.2. The van der Waals surface area contributed by atoms with Gasteiger partial charge >= 0.3 is 0 Å². The van der Waals surface area contributed by atoms with Crippen LogP contribution in [0.25, 0.3) is 16.9 Å². The fourth-order valence-corrected chi connectivity index (χ4v) is 2.28. The molecule has 0 fully saturated rings. The minimum atomic E-state index is 0.206. The predicted molar refractivity (Wildman–Crippen MR) is 82.0 cm³/mol. The summed E-state index contributed by atoms with van der Waals surface area (Å²) in [5, 5.41) is 14.8. The number of rotatable bonds is 3. The number of hydrogen-bond donors (Lipinski definition) is 1. The van der Waals surface area contributed by atoms with Crippen LogP contribution in [0.3, 0.4) is 0 Å². The molecule has 4 nitrogen and oxygen atoms in total. The molecule has 0 aliphatic rings. The number of hydrogen-bond acceptors (Lipinski definition) is 3. The molecule has 0 bridgehead atoms. The lowest BCUT2D eigenvalue weighted by molar-refractivity contribution is 0.414. The third kappa shape index (κ3) is 2.36. The van der Waals surface area contributed by atoms with Gasteiger partial charge in [-0.1, -0.05) is 30.3 Å². The number of aromatic hydroxyl groups is 1. The van der Waals surface area contributed by atoms with Crippen molar-refractivity contribution in [3.8, 4) is 28.4 Å². The molecule has 0 aliphatic carbocycles. The summed E-state index contributed by atoms with van der Waals surface area (Å²) in [5.74, 6) is 0.991. The first-order chi connectivity index (χ1) is 10.2. The van der Waals surface area contributed by atoms with Crippen molar-refractivity contribution in [3.63, 3.8) is 0 Å². The van der Waals surface area contributed by atoms with Crippen molar-refractivity contribution in [2.75, 3.05) is 7.11 Å². The lowest BCUT2D eigenvalue weighted by atomic mass is 10.1. The summed E-state index contributed by atoms with van der Waals surface area (Å²) in [6.07, 6.45) is 0. The molecule has 2 aromatic carbocycles. The quantitative estimate of drug-likeness (QED) is 0.798.